The topological polar surface area (TPSA) is 42.0 Å². The summed E-state index contributed by atoms with van der Waals surface area (Å²) in [6.07, 6.45) is 7.81. The first kappa shape index (κ1) is 16.7. The maximum atomic E-state index is 12.3. The first-order chi connectivity index (χ1) is 11.3. The molecule has 3 rings (SSSR count). The normalized spacial score (nSPS) is 20.7. The summed E-state index contributed by atoms with van der Waals surface area (Å²) in [5.41, 5.74) is 2.04. The van der Waals surface area contributed by atoms with Gasteiger partial charge in [0.25, 0.3) is 0 Å². The molecule has 2 heterocycles. The average molecular weight is 349 g/mol. The van der Waals surface area contributed by atoms with Crippen LogP contribution in [0.3, 0.4) is 0 Å². The second-order valence-electron chi connectivity index (χ2n) is 6.34. The van der Waals surface area contributed by atoms with E-state index >= 15 is 0 Å². The molecular formula is C18H24N2OS2. The lowest BCUT2D eigenvalue weighted by Gasteiger charge is -2.20. The van der Waals surface area contributed by atoms with Crippen LogP contribution in [0.15, 0.2) is 22.2 Å². The monoisotopic (exact) mass is 348 g/mol. The zero-order chi connectivity index (χ0) is 16.1. The van der Waals surface area contributed by atoms with Crippen molar-refractivity contribution in [3.8, 4) is 10.6 Å². The van der Waals surface area contributed by atoms with Crippen molar-refractivity contribution in [2.24, 2.45) is 5.92 Å². The highest BCUT2D eigenvalue weighted by Gasteiger charge is 2.27. The van der Waals surface area contributed by atoms with Crippen LogP contribution in [0.5, 0.6) is 0 Å². The predicted octanol–water partition coefficient (Wildman–Crippen LogP) is 4.89. The van der Waals surface area contributed by atoms with Gasteiger partial charge in [-0.15, -0.1) is 11.3 Å². The minimum atomic E-state index is 0.126. The molecular weight excluding hydrogens is 324 g/mol. The number of hydrogen-bond acceptors (Lipinski definition) is 4. The van der Waals surface area contributed by atoms with Gasteiger partial charge in [0, 0.05) is 22.4 Å². The molecule has 0 aliphatic heterocycles. The molecule has 2 aromatic rings. The molecule has 0 saturated heterocycles. The van der Waals surface area contributed by atoms with Crippen molar-refractivity contribution in [1.29, 1.82) is 0 Å². The number of nitrogens with one attached hydrogen (secondary N) is 1. The number of amides is 1. The van der Waals surface area contributed by atoms with E-state index < -0.39 is 0 Å². The highest BCUT2D eigenvalue weighted by Crippen LogP contribution is 2.30. The molecule has 1 aliphatic rings. The molecule has 5 heteroatoms. The van der Waals surface area contributed by atoms with Gasteiger partial charge in [-0.1, -0.05) is 26.2 Å². The number of nitrogens with zero attached hydrogens (tertiary/aromatic N) is 1. The Balaban J connectivity index is 1.53. The number of rotatable bonds is 7. The predicted molar refractivity (Wildman–Crippen MR) is 97.9 cm³/mol. The van der Waals surface area contributed by atoms with Crippen molar-refractivity contribution in [1.82, 2.24) is 10.3 Å². The first-order valence-corrected chi connectivity index (χ1v) is 10.3. The molecule has 1 N–H and O–H groups in total. The van der Waals surface area contributed by atoms with Crippen molar-refractivity contribution < 1.29 is 4.79 Å². The van der Waals surface area contributed by atoms with Crippen LogP contribution in [0.25, 0.3) is 10.6 Å². The zero-order valence-electron chi connectivity index (χ0n) is 13.6. The summed E-state index contributed by atoms with van der Waals surface area (Å²) >= 11 is 3.29. The number of thiophene rings is 1. The van der Waals surface area contributed by atoms with E-state index in [4.69, 9.17) is 0 Å². The average Bonchev–Trinajstić information content (AvgIpc) is 3.26. The van der Waals surface area contributed by atoms with Crippen LogP contribution in [0.1, 0.15) is 51.1 Å². The fraction of sp³-hybridized carbons (Fsp3) is 0.556. The summed E-state index contributed by atoms with van der Waals surface area (Å²) in [6, 6.07) is 2.45. The van der Waals surface area contributed by atoms with Gasteiger partial charge in [-0.2, -0.15) is 11.3 Å². The largest absolute Gasteiger partial charge is 0.353 e. The number of hydrogen-bond donors (Lipinski definition) is 1. The fourth-order valence-electron chi connectivity index (χ4n) is 3.37. The molecule has 1 fully saturated rings. The second-order valence-corrected chi connectivity index (χ2v) is 7.98. The van der Waals surface area contributed by atoms with Gasteiger partial charge in [0.2, 0.25) is 5.91 Å². The van der Waals surface area contributed by atoms with Gasteiger partial charge in [0.1, 0.15) is 5.01 Å². The number of unbranched alkanes of at least 4 members (excludes halogenated alkanes) is 1. The molecule has 1 saturated carbocycles. The molecule has 2 atom stereocenters. The minimum Gasteiger partial charge on any atom is -0.353 e. The Morgan fingerprint density at radius 2 is 2.30 bits per heavy atom. The summed E-state index contributed by atoms with van der Waals surface area (Å²) in [7, 11) is 0. The number of aromatic nitrogens is 1. The summed E-state index contributed by atoms with van der Waals surface area (Å²) in [5, 5.41) is 10.4. The molecule has 3 nitrogen and oxygen atoms in total. The third-order valence-corrected chi connectivity index (χ3v) is 6.22. The lowest BCUT2D eigenvalue weighted by molar-refractivity contribution is -0.121. The van der Waals surface area contributed by atoms with Gasteiger partial charge in [-0.05, 0) is 36.6 Å². The van der Waals surface area contributed by atoms with Gasteiger partial charge in [0.15, 0.2) is 0 Å². The molecule has 124 valence electrons. The first-order valence-electron chi connectivity index (χ1n) is 8.52. The van der Waals surface area contributed by atoms with Gasteiger partial charge in [0.05, 0.1) is 12.1 Å². The number of thiazole rings is 1. The Hall–Kier alpha value is -1.20. The van der Waals surface area contributed by atoms with Gasteiger partial charge in [-0.25, -0.2) is 4.98 Å². The minimum absolute atomic E-state index is 0.126. The van der Waals surface area contributed by atoms with Crippen LogP contribution >= 0.6 is 22.7 Å². The van der Waals surface area contributed by atoms with Gasteiger partial charge < -0.3 is 5.32 Å². The Kier molecular flexibility index (Phi) is 5.84. The number of carbonyl (C=O) groups is 1. The molecule has 0 radical (unpaired) electrons. The van der Waals surface area contributed by atoms with Gasteiger partial charge in [-0.3, -0.25) is 4.79 Å². The SMILES string of the molecule is CCCCC1CCCC1NC(=O)Cc1csc(-c2ccsc2)n1. The summed E-state index contributed by atoms with van der Waals surface area (Å²) in [6.45, 7) is 2.23. The van der Waals surface area contributed by atoms with E-state index in [0.29, 0.717) is 18.4 Å². The van der Waals surface area contributed by atoms with Crippen molar-refractivity contribution in [3.05, 3.63) is 27.9 Å². The summed E-state index contributed by atoms with van der Waals surface area (Å²) in [5.74, 6) is 0.802. The van der Waals surface area contributed by atoms with Gasteiger partial charge >= 0.3 is 0 Å². The lowest BCUT2D eigenvalue weighted by atomic mass is 9.96. The van der Waals surface area contributed by atoms with Crippen LogP contribution in [-0.2, 0) is 11.2 Å². The lowest BCUT2D eigenvalue weighted by Crippen LogP contribution is -2.38. The van der Waals surface area contributed by atoms with E-state index in [1.165, 1.54) is 32.1 Å². The van der Waals surface area contributed by atoms with E-state index in [0.717, 1.165) is 22.7 Å². The molecule has 1 amide bonds. The summed E-state index contributed by atoms with van der Waals surface area (Å²) < 4.78 is 0. The van der Waals surface area contributed by atoms with E-state index in [9.17, 15) is 4.79 Å². The number of carbonyl (C=O) groups excluding carboxylic acids is 1. The van der Waals surface area contributed by atoms with Crippen molar-refractivity contribution >= 4 is 28.6 Å². The third kappa shape index (κ3) is 4.42. The standard InChI is InChI=1S/C18H24N2OS2/c1-2-3-5-13-6-4-7-16(13)20-17(21)10-15-12-23-18(19-15)14-8-9-22-11-14/h8-9,11-13,16H,2-7,10H2,1H3,(H,20,21). The fourth-order valence-corrected chi connectivity index (χ4v) is 4.90. The maximum absolute atomic E-state index is 12.3. The molecule has 0 spiro atoms. The van der Waals surface area contributed by atoms with Crippen LogP contribution in [-0.4, -0.2) is 16.9 Å². The molecule has 23 heavy (non-hydrogen) atoms. The zero-order valence-corrected chi connectivity index (χ0v) is 15.2. The summed E-state index contributed by atoms with van der Waals surface area (Å²) in [4.78, 5) is 16.9. The van der Waals surface area contributed by atoms with E-state index in [-0.39, 0.29) is 5.91 Å². The highest BCUT2D eigenvalue weighted by molar-refractivity contribution is 7.14. The molecule has 2 aromatic heterocycles. The molecule has 2 unspecified atom stereocenters. The Morgan fingerprint density at radius 1 is 1.39 bits per heavy atom. The third-order valence-electron chi connectivity index (χ3n) is 4.60. The van der Waals surface area contributed by atoms with Crippen LogP contribution in [0.4, 0.5) is 0 Å². The highest BCUT2D eigenvalue weighted by atomic mass is 32.1. The Labute approximate surface area is 146 Å². The Morgan fingerprint density at radius 3 is 3.09 bits per heavy atom. The van der Waals surface area contributed by atoms with Crippen molar-refractivity contribution in [2.75, 3.05) is 0 Å². The van der Waals surface area contributed by atoms with Crippen molar-refractivity contribution in [2.45, 2.75) is 57.9 Å². The van der Waals surface area contributed by atoms with E-state index in [1.54, 1.807) is 22.7 Å². The van der Waals surface area contributed by atoms with Crippen LogP contribution < -0.4 is 5.32 Å². The Bertz CT molecular complexity index is 621. The quantitative estimate of drug-likeness (QED) is 0.774. The molecule has 0 bridgehead atoms. The smallest absolute Gasteiger partial charge is 0.226 e. The second kappa shape index (κ2) is 8.06. The van der Waals surface area contributed by atoms with E-state index in [1.807, 2.05) is 5.38 Å². The van der Waals surface area contributed by atoms with Crippen LogP contribution in [0.2, 0.25) is 0 Å². The van der Waals surface area contributed by atoms with Crippen molar-refractivity contribution in [3.63, 3.8) is 0 Å². The van der Waals surface area contributed by atoms with Crippen LogP contribution in [0, 0.1) is 5.92 Å². The molecule has 0 aromatic carbocycles. The van der Waals surface area contributed by atoms with E-state index in [2.05, 4.69) is 34.1 Å². The maximum Gasteiger partial charge on any atom is 0.226 e. The molecule has 1 aliphatic carbocycles.